The Kier molecular flexibility index (Phi) is 6.44. The van der Waals surface area contributed by atoms with Gasteiger partial charge in [0.15, 0.2) is 11.5 Å². The molecule has 0 spiro atoms. The van der Waals surface area contributed by atoms with Crippen LogP contribution in [0.3, 0.4) is 0 Å². The van der Waals surface area contributed by atoms with Gasteiger partial charge in [-0.1, -0.05) is 6.07 Å². The molecule has 6 heteroatoms. The standard InChI is InChI=1S/C20H27N3O3/c1-20(2,3)23-19(24)15-7-9-18(22-13-15)21-11-10-14-6-8-16(25-4)17(12-14)26-5/h6-9,12-13H,10-11H2,1-5H3,(H,21,22)(H,23,24). The first-order valence-corrected chi connectivity index (χ1v) is 8.56. The largest absolute Gasteiger partial charge is 0.493 e. The van der Waals surface area contributed by atoms with E-state index in [0.717, 1.165) is 35.8 Å². The van der Waals surface area contributed by atoms with Crippen LogP contribution in [0.2, 0.25) is 0 Å². The van der Waals surface area contributed by atoms with Crippen molar-refractivity contribution in [2.24, 2.45) is 0 Å². The number of ether oxygens (including phenoxy) is 2. The minimum atomic E-state index is -0.270. The van der Waals surface area contributed by atoms with Crippen molar-refractivity contribution < 1.29 is 14.3 Å². The Morgan fingerprint density at radius 1 is 1.08 bits per heavy atom. The number of carbonyl (C=O) groups excluding carboxylic acids is 1. The number of anilines is 1. The summed E-state index contributed by atoms with van der Waals surface area (Å²) in [5.74, 6) is 2.05. The molecule has 1 amide bonds. The van der Waals surface area contributed by atoms with E-state index in [2.05, 4.69) is 15.6 Å². The number of hydrogen-bond donors (Lipinski definition) is 2. The number of nitrogens with one attached hydrogen (secondary N) is 2. The maximum Gasteiger partial charge on any atom is 0.253 e. The third kappa shape index (κ3) is 5.65. The molecule has 26 heavy (non-hydrogen) atoms. The van der Waals surface area contributed by atoms with Gasteiger partial charge >= 0.3 is 0 Å². The van der Waals surface area contributed by atoms with Crippen LogP contribution in [0, 0.1) is 0 Å². The van der Waals surface area contributed by atoms with Gasteiger partial charge < -0.3 is 20.1 Å². The van der Waals surface area contributed by atoms with E-state index in [-0.39, 0.29) is 11.4 Å². The highest BCUT2D eigenvalue weighted by molar-refractivity contribution is 5.94. The molecule has 1 aromatic heterocycles. The maximum atomic E-state index is 12.1. The Balaban J connectivity index is 1.89. The van der Waals surface area contributed by atoms with E-state index in [1.165, 1.54) is 0 Å². The number of benzene rings is 1. The average molecular weight is 357 g/mol. The zero-order valence-corrected chi connectivity index (χ0v) is 16.1. The van der Waals surface area contributed by atoms with Gasteiger partial charge in [-0.25, -0.2) is 4.98 Å². The second kappa shape index (κ2) is 8.56. The molecule has 0 radical (unpaired) electrons. The minimum absolute atomic E-state index is 0.123. The molecule has 140 valence electrons. The van der Waals surface area contributed by atoms with Crippen LogP contribution in [-0.4, -0.2) is 37.2 Å². The molecule has 0 unspecified atom stereocenters. The van der Waals surface area contributed by atoms with Crippen molar-refractivity contribution >= 4 is 11.7 Å². The first kappa shape index (κ1) is 19.6. The van der Waals surface area contributed by atoms with Crippen molar-refractivity contribution in [3.8, 4) is 11.5 Å². The molecule has 0 bridgehead atoms. The number of nitrogens with zero attached hydrogens (tertiary/aromatic N) is 1. The molecule has 2 N–H and O–H groups in total. The summed E-state index contributed by atoms with van der Waals surface area (Å²) < 4.78 is 10.6. The Morgan fingerprint density at radius 3 is 2.38 bits per heavy atom. The van der Waals surface area contributed by atoms with Gasteiger partial charge in [-0.3, -0.25) is 4.79 Å². The molecule has 6 nitrogen and oxygen atoms in total. The monoisotopic (exact) mass is 357 g/mol. The normalized spacial score (nSPS) is 11.0. The van der Waals surface area contributed by atoms with Gasteiger partial charge in [0.1, 0.15) is 5.82 Å². The average Bonchev–Trinajstić information content (AvgIpc) is 2.60. The second-order valence-corrected chi connectivity index (χ2v) is 7.00. The fourth-order valence-electron chi connectivity index (χ4n) is 2.42. The van der Waals surface area contributed by atoms with Crippen molar-refractivity contribution in [1.29, 1.82) is 0 Å². The third-order valence-electron chi connectivity index (χ3n) is 3.68. The Labute approximate surface area is 154 Å². The van der Waals surface area contributed by atoms with Gasteiger partial charge in [-0.05, 0) is 57.0 Å². The minimum Gasteiger partial charge on any atom is -0.493 e. The highest BCUT2D eigenvalue weighted by atomic mass is 16.5. The van der Waals surface area contributed by atoms with Crippen LogP contribution in [0.25, 0.3) is 0 Å². The lowest BCUT2D eigenvalue weighted by atomic mass is 10.1. The first-order valence-electron chi connectivity index (χ1n) is 8.56. The molecular weight excluding hydrogens is 330 g/mol. The van der Waals surface area contributed by atoms with Crippen molar-refractivity contribution in [2.45, 2.75) is 32.7 Å². The second-order valence-electron chi connectivity index (χ2n) is 7.00. The third-order valence-corrected chi connectivity index (χ3v) is 3.68. The van der Waals surface area contributed by atoms with E-state index < -0.39 is 0 Å². The molecule has 1 heterocycles. The molecular formula is C20H27N3O3. The predicted octanol–water partition coefficient (Wildman–Crippen LogP) is 3.28. The number of rotatable bonds is 7. The Morgan fingerprint density at radius 2 is 1.81 bits per heavy atom. The van der Waals surface area contributed by atoms with E-state index in [9.17, 15) is 4.79 Å². The summed E-state index contributed by atoms with van der Waals surface area (Å²) in [5.41, 5.74) is 1.41. The molecule has 0 aliphatic carbocycles. The van der Waals surface area contributed by atoms with Crippen molar-refractivity contribution in [3.05, 3.63) is 47.7 Å². The summed E-state index contributed by atoms with van der Waals surface area (Å²) in [5, 5.41) is 6.18. The molecule has 0 saturated heterocycles. The molecule has 0 atom stereocenters. The lowest BCUT2D eigenvalue weighted by Crippen LogP contribution is -2.40. The van der Waals surface area contributed by atoms with Crippen LogP contribution in [0.5, 0.6) is 11.5 Å². The molecule has 0 aliphatic rings. The van der Waals surface area contributed by atoms with Crippen molar-refractivity contribution in [3.63, 3.8) is 0 Å². The smallest absolute Gasteiger partial charge is 0.253 e. The molecule has 0 aliphatic heterocycles. The molecule has 2 aromatic rings. The van der Waals surface area contributed by atoms with E-state index in [1.807, 2.05) is 45.0 Å². The Bertz CT molecular complexity index is 737. The van der Waals surface area contributed by atoms with Crippen LogP contribution in [0.4, 0.5) is 5.82 Å². The summed E-state index contributed by atoms with van der Waals surface area (Å²) in [6.07, 6.45) is 2.40. The zero-order valence-electron chi connectivity index (χ0n) is 16.1. The first-order chi connectivity index (χ1) is 12.3. The van der Waals surface area contributed by atoms with Gasteiger partial charge in [0.2, 0.25) is 0 Å². The number of aromatic nitrogens is 1. The predicted molar refractivity (Wildman–Crippen MR) is 103 cm³/mol. The fourth-order valence-corrected chi connectivity index (χ4v) is 2.42. The van der Waals surface area contributed by atoms with Crippen LogP contribution < -0.4 is 20.1 Å². The van der Waals surface area contributed by atoms with E-state index in [4.69, 9.17) is 9.47 Å². The molecule has 0 fully saturated rings. The van der Waals surface area contributed by atoms with Crippen LogP contribution in [-0.2, 0) is 6.42 Å². The van der Waals surface area contributed by atoms with E-state index >= 15 is 0 Å². The number of carbonyl (C=O) groups is 1. The van der Waals surface area contributed by atoms with Gasteiger partial charge in [0.05, 0.1) is 19.8 Å². The van der Waals surface area contributed by atoms with Crippen LogP contribution in [0.1, 0.15) is 36.7 Å². The highest BCUT2D eigenvalue weighted by Gasteiger charge is 2.15. The Hall–Kier alpha value is -2.76. The SMILES string of the molecule is COc1ccc(CCNc2ccc(C(=O)NC(C)(C)C)cn2)cc1OC. The summed E-state index contributed by atoms with van der Waals surface area (Å²) in [6.45, 7) is 6.56. The summed E-state index contributed by atoms with van der Waals surface area (Å²) in [7, 11) is 3.25. The van der Waals surface area contributed by atoms with Gasteiger partial charge in [-0.2, -0.15) is 0 Å². The van der Waals surface area contributed by atoms with Crippen molar-refractivity contribution in [1.82, 2.24) is 10.3 Å². The molecule has 0 saturated carbocycles. The van der Waals surface area contributed by atoms with Gasteiger partial charge in [-0.15, -0.1) is 0 Å². The fraction of sp³-hybridized carbons (Fsp3) is 0.400. The topological polar surface area (TPSA) is 72.5 Å². The lowest BCUT2D eigenvalue weighted by Gasteiger charge is -2.20. The van der Waals surface area contributed by atoms with E-state index in [0.29, 0.717) is 5.56 Å². The molecule has 1 aromatic carbocycles. The van der Waals surface area contributed by atoms with E-state index in [1.54, 1.807) is 26.5 Å². The highest BCUT2D eigenvalue weighted by Crippen LogP contribution is 2.27. The lowest BCUT2D eigenvalue weighted by molar-refractivity contribution is 0.0919. The van der Waals surface area contributed by atoms with Crippen molar-refractivity contribution in [2.75, 3.05) is 26.1 Å². The zero-order chi connectivity index (χ0) is 19.2. The summed E-state index contributed by atoms with van der Waals surface area (Å²) in [6, 6.07) is 9.46. The number of amides is 1. The quantitative estimate of drug-likeness (QED) is 0.796. The number of methoxy groups -OCH3 is 2. The summed E-state index contributed by atoms with van der Waals surface area (Å²) in [4.78, 5) is 16.4. The number of pyridine rings is 1. The summed E-state index contributed by atoms with van der Waals surface area (Å²) >= 11 is 0. The van der Waals surface area contributed by atoms with Gasteiger partial charge in [0, 0.05) is 18.3 Å². The maximum absolute atomic E-state index is 12.1. The van der Waals surface area contributed by atoms with Gasteiger partial charge in [0.25, 0.3) is 5.91 Å². The molecule has 2 rings (SSSR count). The van der Waals surface area contributed by atoms with Crippen LogP contribution >= 0.6 is 0 Å². The van der Waals surface area contributed by atoms with Crippen LogP contribution in [0.15, 0.2) is 36.5 Å². The number of hydrogen-bond acceptors (Lipinski definition) is 5.